The maximum Gasteiger partial charge on any atom is 0.152 e. The van der Waals surface area contributed by atoms with Crippen molar-refractivity contribution in [3.05, 3.63) is 46.9 Å². The number of ether oxygens (including phenoxy) is 1. The molecule has 7 nitrogen and oxygen atoms in total. The van der Waals surface area contributed by atoms with Crippen LogP contribution in [0, 0.1) is 20.8 Å². The molecule has 1 aromatic carbocycles. The fourth-order valence-electron chi connectivity index (χ4n) is 3.80. The number of fused-ring (bicyclic) bond motifs is 3. The minimum absolute atomic E-state index is 0.106. The van der Waals surface area contributed by atoms with E-state index in [9.17, 15) is 5.11 Å². The van der Waals surface area contributed by atoms with Gasteiger partial charge in [-0.3, -0.25) is 4.57 Å². The number of aromatic nitrogens is 4. The summed E-state index contributed by atoms with van der Waals surface area (Å²) in [6.07, 6.45) is 1.34. The predicted octanol–water partition coefficient (Wildman–Crippen LogP) is 3.89. The Bertz CT molecular complexity index is 1230. The van der Waals surface area contributed by atoms with Gasteiger partial charge in [0.15, 0.2) is 5.65 Å². The van der Waals surface area contributed by atoms with Crippen molar-refractivity contribution in [1.82, 2.24) is 19.5 Å². The Morgan fingerprint density at radius 2 is 1.89 bits per heavy atom. The molecule has 4 aromatic rings. The van der Waals surface area contributed by atoms with Crippen molar-refractivity contribution in [3.8, 4) is 11.4 Å². The molecule has 0 spiro atoms. The molecule has 3 aromatic heterocycles. The number of phenols is 1. The molecule has 3 heterocycles. The topological polar surface area (TPSA) is 99.1 Å². The minimum atomic E-state index is -0.106. The van der Waals surface area contributed by atoms with Gasteiger partial charge in [-0.1, -0.05) is 6.07 Å². The number of nitrogens with zero attached hydrogens (tertiary/aromatic N) is 4. The highest BCUT2D eigenvalue weighted by atomic mass is 16.5. The van der Waals surface area contributed by atoms with Crippen LogP contribution in [0.3, 0.4) is 0 Å². The number of aryl methyl sites for hydroxylation is 2. The molecule has 144 valence electrons. The summed E-state index contributed by atoms with van der Waals surface area (Å²) in [5.41, 5.74) is 12.1. The number of phenolic OH excluding ortho intramolecular Hbond substituents is 1. The zero-order valence-electron chi connectivity index (χ0n) is 16.6. The molecule has 1 unspecified atom stereocenters. The molecule has 3 N–H and O–H groups in total. The largest absolute Gasteiger partial charge is 0.508 e. The summed E-state index contributed by atoms with van der Waals surface area (Å²) in [6.45, 7) is 7.83. The van der Waals surface area contributed by atoms with E-state index >= 15 is 0 Å². The number of aromatic hydroxyl groups is 1. The quantitative estimate of drug-likeness (QED) is 0.562. The number of hydrogen-bond donors (Lipinski definition) is 2. The second kappa shape index (κ2) is 6.45. The molecule has 0 aliphatic carbocycles. The van der Waals surface area contributed by atoms with Crippen molar-refractivity contribution in [1.29, 1.82) is 0 Å². The number of hydrogen-bond acceptors (Lipinski definition) is 6. The third-order valence-electron chi connectivity index (χ3n) is 5.40. The van der Waals surface area contributed by atoms with Crippen LogP contribution in [0.1, 0.15) is 35.4 Å². The molecule has 0 saturated heterocycles. The van der Waals surface area contributed by atoms with Gasteiger partial charge in [0, 0.05) is 29.3 Å². The average Bonchev–Trinajstić information content (AvgIpc) is 2.98. The number of benzene rings is 1. The van der Waals surface area contributed by atoms with Gasteiger partial charge in [-0.2, -0.15) is 0 Å². The van der Waals surface area contributed by atoms with Gasteiger partial charge in [0.2, 0.25) is 0 Å². The molecule has 0 aliphatic rings. The number of rotatable bonds is 3. The fourth-order valence-corrected chi connectivity index (χ4v) is 3.80. The van der Waals surface area contributed by atoms with E-state index in [1.807, 2.05) is 38.3 Å². The van der Waals surface area contributed by atoms with Crippen molar-refractivity contribution < 1.29 is 9.84 Å². The Morgan fingerprint density at radius 3 is 2.61 bits per heavy atom. The van der Waals surface area contributed by atoms with Crippen LogP contribution in [0.15, 0.2) is 24.5 Å². The third-order valence-corrected chi connectivity index (χ3v) is 5.40. The lowest BCUT2D eigenvalue weighted by atomic mass is 10.1. The Hall–Kier alpha value is -3.19. The Morgan fingerprint density at radius 1 is 1.14 bits per heavy atom. The Kier molecular flexibility index (Phi) is 4.19. The minimum Gasteiger partial charge on any atom is -0.508 e. The first-order valence-electron chi connectivity index (χ1n) is 9.09. The molecule has 0 bridgehead atoms. The lowest BCUT2D eigenvalue weighted by molar-refractivity contribution is 0.119. The van der Waals surface area contributed by atoms with Crippen molar-refractivity contribution in [2.45, 2.75) is 33.8 Å². The lowest BCUT2D eigenvalue weighted by Gasteiger charge is -2.16. The third kappa shape index (κ3) is 2.51. The van der Waals surface area contributed by atoms with Crippen LogP contribution in [-0.4, -0.2) is 31.7 Å². The summed E-state index contributed by atoms with van der Waals surface area (Å²) in [5.74, 6) is 0.616. The highest BCUT2D eigenvalue weighted by Crippen LogP contribution is 2.37. The average molecular weight is 377 g/mol. The smallest absolute Gasteiger partial charge is 0.152 e. The maximum atomic E-state index is 10.3. The van der Waals surface area contributed by atoms with Crippen LogP contribution < -0.4 is 5.73 Å². The molecular formula is C21H23N5O2. The fraction of sp³-hybridized carbons (Fsp3) is 0.286. The van der Waals surface area contributed by atoms with Crippen LogP contribution in [0.2, 0.25) is 0 Å². The molecule has 0 amide bonds. The highest BCUT2D eigenvalue weighted by molar-refractivity contribution is 6.11. The van der Waals surface area contributed by atoms with E-state index in [1.165, 1.54) is 6.33 Å². The van der Waals surface area contributed by atoms with Gasteiger partial charge in [-0.15, -0.1) is 0 Å². The second-order valence-corrected chi connectivity index (χ2v) is 7.08. The molecule has 0 saturated carbocycles. The van der Waals surface area contributed by atoms with E-state index in [0.29, 0.717) is 11.5 Å². The first kappa shape index (κ1) is 18.2. The van der Waals surface area contributed by atoms with E-state index in [2.05, 4.69) is 16.0 Å². The van der Waals surface area contributed by atoms with Gasteiger partial charge >= 0.3 is 0 Å². The van der Waals surface area contributed by atoms with E-state index in [-0.39, 0.29) is 11.9 Å². The number of pyridine rings is 1. The van der Waals surface area contributed by atoms with Gasteiger partial charge in [0.25, 0.3) is 0 Å². The summed E-state index contributed by atoms with van der Waals surface area (Å²) in [6, 6.07) is 5.63. The van der Waals surface area contributed by atoms with Crippen LogP contribution in [0.4, 0.5) is 5.82 Å². The SMILES string of the molecule is COC(C)c1cc2c3c(N)ncnc3n(-c3c(C)ccc(O)c3C)c2nc1C. The van der Waals surface area contributed by atoms with Gasteiger partial charge < -0.3 is 15.6 Å². The summed E-state index contributed by atoms with van der Waals surface area (Å²) < 4.78 is 7.47. The predicted molar refractivity (Wildman–Crippen MR) is 110 cm³/mol. The standard InChI is InChI=1S/C21H23N5O2/c1-10-6-7-16(27)11(2)18(10)26-20-15(17-19(22)23-9-24-21(17)26)8-14(12(3)25-20)13(4)28-5/h6-9,13,27H,1-5H3,(H2,22,23,24). The van der Waals surface area contributed by atoms with Crippen LogP contribution in [0.25, 0.3) is 27.8 Å². The van der Waals surface area contributed by atoms with Crippen molar-refractivity contribution in [2.24, 2.45) is 0 Å². The second-order valence-electron chi connectivity index (χ2n) is 7.08. The van der Waals surface area contributed by atoms with Gasteiger partial charge in [0.1, 0.15) is 23.5 Å². The van der Waals surface area contributed by atoms with Crippen LogP contribution in [0.5, 0.6) is 5.75 Å². The van der Waals surface area contributed by atoms with Crippen molar-refractivity contribution in [3.63, 3.8) is 0 Å². The molecular weight excluding hydrogens is 354 g/mol. The molecule has 7 heteroatoms. The molecule has 4 rings (SSSR count). The zero-order valence-corrected chi connectivity index (χ0v) is 16.6. The number of nitrogens with two attached hydrogens (primary N) is 1. The van der Waals surface area contributed by atoms with E-state index in [0.717, 1.165) is 44.5 Å². The molecule has 0 radical (unpaired) electrons. The monoisotopic (exact) mass is 377 g/mol. The zero-order chi connectivity index (χ0) is 20.2. The molecule has 1 atom stereocenters. The molecule has 0 fully saturated rings. The Labute approximate surface area is 162 Å². The van der Waals surface area contributed by atoms with Gasteiger partial charge in [0.05, 0.1) is 17.2 Å². The van der Waals surface area contributed by atoms with Gasteiger partial charge in [-0.25, -0.2) is 15.0 Å². The van der Waals surface area contributed by atoms with Crippen molar-refractivity contribution >= 4 is 27.9 Å². The van der Waals surface area contributed by atoms with E-state index in [4.69, 9.17) is 15.5 Å². The summed E-state index contributed by atoms with van der Waals surface area (Å²) in [7, 11) is 1.68. The molecule has 28 heavy (non-hydrogen) atoms. The maximum absolute atomic E-state index is 10.3. The number of nitrogen functional groups attached to an aromatic ring is 1. The summed E-state index contributed by atoms with van der Waals surface area (Å²) in [4.78, 5) is 13.6. The van der Waals surface area contributed by atoms with Crippen LogP contribution >= 0.6 is 0 Å². The lowest BCUT2D eigenvalue weighted by Crippen LogP contribution is -2.05. The Balaban J connectivity index is 2.23. The van der Waals surface area contributed by atoms with E-state index in [1.54, 1.807) is 13.2 Å². The normalized spacial score (nSPS) is 12.8. The highest BCUT2D eigenvalue weighted by Gasteiger charge is 2.22. The molecule has 0 aliphatic heterocycles. The first-order chi connectivity index (χ1) is 13.3. The van der Waals surface area contributed by atoms with Gasteiger partial charge in [-0.05, 0) is 45.4 Å². The first-order valence-corrected chi connectivity index (χ1v) is 9.09. The van der Waals surface area contributed by atoms with Crippen LogP contribution in [-0.2, 0) is 4.74 Å². The number of methoxy groups -OCH3 is 1. The van der Waals surface area contributed by atoms with Crippen molar-refractivity contribution in [2.75, 3.05) is 12.8 Å². The van der Waals surface area contributed by atoms with E-state index < -0.39 is 0 Å². The summed E-state index contributed by atoms with van der Waals surface area (Å²) >= 11 is 0. The summed E-state index contributed by atoms with van der Waals surface area (Å²) in [5, 5.41) is 11.9. The number of anilines is 1.